The van der Waals surface area contributed by atoms with E-state index in [0.29, 0.717) is 5.56 Å². The van der Waals surface area contributed by atoms with Crippen molar-refractivity contribution in [3.8, 4) is 0 Å². The summed E-state index contributed by atoms with van der Waals surface area (Å²) in [5, 5.41) is 8.52. The van der Waals surface area contributed by atoms with Gasteiger partial charge in [0.05, 0.1) is 5.57 Å². The van der Waals surface area contributed by atoms with Gasteiger partial charge in [-0.1, -0.05) is 12.1 Å². The summed E-state index contributed by atoms with van der Waals surface area (Å²) in [4.78, 5) is 10.4. The van der Waals surface area contributed by atoms with Crippen LogP contribution in [-0.2, 0) is 4.79 Å². The minimum Gasteiger partial charge on any atom is -0.477 e. The monoisotopic (exact) mass is 192 g/mol. The topological polar surface area (TPSA) is 37.3 Å². The van der Waals surface area contributed by atoms with E-state index in [0.717, 1.165) is 0 Å². The minimum atomic E-state index is -1.01. The number of aliphatic carboxylic acids is 1. The molecule has 0 aliphatic heterocycles. The lowest BCUT2D eigenvalue weighted by Crippen LogP contribution is -1.93. The molecule has 0 fully saturated rings. The molecule has 0 aromatic heterocycles. The predicted molar refractivity (Wildman–Crippen MR) is 51.2 cm³/mol. The maximum atomic E-state index is 12.5. The molecule has 0 saturated heterocycles. The van der Waals surface area contributed by atoms with Gasteiger partial charge >= 0.3 is 5.97 Å². The average Bonchev–Trinajstić information content (AvgIpc) is 2.16. The SMILES string of the molecule is CC(=C=Cc1ccc(F)cc1)C(=O)O. The third-order valence-electron chi connectivity index (χ3n) is 1.65. The van der Waals surface area contributed by atoms with Crippen LogP contribution in [0.5, 0.6) is 0 Å². The summed E-state index contributed by atoms with van der Waals surface area (Å²) >= 11 is 0. The summed E-state index contributed by atoms with van der Waals surface area (Å²) in [6.45, 7) is 1.45. The highest BCUT2D eigenvalue weighted by atomic mass is 19.1. The van der Waals surface area contributed by atoms with Crippen LogP contribution in [0.3, 0.4) is 0 Å². The van der Waals surface area contributed by atoms with Crippen LogP contribution in [-0.4, -0.2) is 11.1 Å². The molecule has 14 heavy (non-hydrogen) atoms. The van der Waals surface area contributed by atoms with Crippen molar-refractivity contribution in [1.82, 2.24) is 0 Å². The lowest BCUT2D eigenvalue weighted by Gasteiger charge is -1.90. The first-order chi connectivity index (χ1) is 6.59. The van der Waals surface area contributed by atoms with Crippen LogP contribution < -0.4 is 0 Å². The molecule has 0 unspecified atom stereocenters. The summed E-state index contributed by atoms with van der Waals surface area (Å²) in [6.07, 6.45) is 1.50. The van der Waals surface area contributed by atoms with Crippen LogP contribution in [0.25, 0.3) is 6.08 Å². The summed E-state index contributed by atoms with van der Waals surface area (Å²) in [5.74, 6) is -1.33. The molecule has 3 heteroatoms. The van der Waals surface area contributed by atoms with Crippen LogP contribution in [0.15, 0.2) is 35.6 Å². The Kier molecular flexibility index (Phi) is 3.21. The highest BCUT2D eigenvalue weighted by Crippen LogP contribution is 2.04. The molecule has 0 aliphatic carbocycles. The third-order valence-corrected chi connectivity index (χ3v) is 1.65. The van der Waals surface area contributed by atoms with Crippen LogP contribution in [0.1, 0.15) is 12.5 Å². The van der Waals surface area contributed by atoms with E-state index >= 15 is 0 Å². The van der Waals surface area contributed by atoms with Crippen molar-refractivity contribution < 1.29 is 14.3 Å². The van der Waals surface area contributed by atoms with Gasteiger partial charge in [-0.2, -0.15) is 0 Å². The van der Waals surface area contributed by atoms with Crippen molar-refractivity contribution in [2.45, 2.75) is 6.92 Å². The fourth-order valence-electron chi connectivity index (χ4n) is 0.812. The minimum absolute atomic E-state index is 0.120. The number of carboxylic acids is 1. The quantitative estimate of drug-likeness (QED) is 0.577. The largest absolute Gasteiger partial charge is 0.477 e. The first-order valence-electron chi connectivity index (χ1n) is 4.02. The molecule has 1 rings (SSSR count). The zero-order chi connectivity index (χ0) is 10.6. The summed E-state index contributed by atoms with van der Waals surface area (Å²) < 4.78 is 12.5. The Morgan fingerprint density at radius 3 is 2.50 bits per heavy atom. The van der Waals surface area contributed by atoms with E-state index in [1.165, 1.54) is 25.1 Å². The predicted octanol–water partition coefficient (Wildman–Crippen LogP) is 2.47. The summed E-state index contributed by atoms with van der Waals surface area (Å²) in [7, 11) is 0. The molecule has 0 spiro atoms. The van der Waals surface area contributed by atoms with Crippen LogP contribution >= 0.6 is 0 Å². The Labute approximate surface area is 81.0 Å². The normalized spacial score (nSPS) is 9.00. The van der Waals surface area contributed by atoms with Gasteiger partial charge < -0.3 is 5.11 Å². The van der Waals surface area contributed by atoms with Crippen LogP contribution in [0.2, 0.25) is 0 Å². The van der Waals surface area contributed by atoms with Crippen LogP contribution in [0.4, 0.5) is 4.39 Å². The Bertz CT molecular complexity index is 398. The van der Waals surface area contributed by atoms with Gasteiger partial charge in [0.2, 0.25) is 0 Å². The van der Waals surface area contributed by atoms with Crippen molar-refractivity contribution in [3.05, 3.63) is 47.0 Å². The highest BCUT2D eigenvalue weighted by molar-refractivity contribution is 5.86. The number of benzene rings is 1. The van der Waals surface area contributed by atoms with E-state index in [-0.39, 0.29) is 11.4 Å². The highest BCUT2D eigenvalue weighted by Gasteiger charge is 1.95. The Balaban J connectivity index is 2.94. The first-order valence-corrected chi connectivity index (χ1v) is 4.02. The van der Waals surface area contributed by atoms with Crippen molar-refractivity contribution in [3.63, 3.8) is 0 Å². The number of carboxylic acid groups (broad SMARTS) is 1. The van der Waals surface area contributed by atoms with Gasteiger partial charge in [-0.05, 0) is 30.7 Å². The fourth-order valence-corrected chi connectivity index (χ4v) is 0.812. The van der Waals surface area contributed by atoms with Gasteiger partial charge in [-0.25, -0.2) is 9.18 Å². The molecule has 1 aromatic rings. The second-order valence-corrected chi connectivity index (χ2v) is 2.77. The number of hydrogen-bond acceptors (Lipinski definition) is 1. The van der Waals surface area contributed by atoms with Gasteiger partial charge in [0, 0.05) is 0 Å². The van der Waals surface area contributed by atoms with E-state index in [2.05, 4.69) is 5.73 Å². The number of hydrogen-bond donors (Lipinski definition) is 1. The molecule has 0 aliphatic rings. The van der Waals surface area contributed by atoms with Gasteiger partial charge in [-0.3, -0.25) is 0 Å². The second kappa shape index (κ2) is 4.40. The number of carbonyl (C=O) groups is 1. The van der Waals surface area contributed by atoms with Gasteiger partial charge in [-0.15, -0.1) is 5.73 Å². The molecular formula is C11H9FO2. The Morgan fingerprint density at radius 1 is 1.43 bits per heavy atom. The molecule has 0 bridgehead atoms. The molecule has 1 aromatic carbocycles. The maximum absolute atomic E-state index is 12.5. The Hall–Kier alpha value is -1.86. The number of rotatable bonds is 2. The lowest BCUT2D eigenvalue weighted by molar-refractivity contribution is -0.132. The summed E-state index contributed by atoms with van der Waals surface area (Å²) in [5.41, 5.74) is 3.42. The second-order valence-electron chi connectivity index (χ2n) is 2.77. The molecular weight excluding hydrogens is 183 g/mol. The van der Waals surface area contributed by atoms with Crippen molar-refractivity contribution in [1.29, 1.82) is 0 Å². The van der Waals surface area contributed by atoms with Gasteiger partial charge in [0.15, 0.2) is 0 Å². The average molecular weight is 192 g/mol. The maximum Gasteiger partial charge on any atom is 0.339 e. The van der Waals surface area contributed by atoms with Gasteiger partial charge in [0.1, 0.15) is 5.82 Å². The molecule has 1 N–H and O–H groups in total. The zero-order valence-corrected chi connectivity index (χ0v) is 7.62. The molecule has 0 heterocycles. The van der Waals surface area contributed by atoms with E-state index in [9.17, 15) is 9.18 Å². The van der Waals surface area contributed by atoms with Crippen LogP contribution in [0, 0.1) is 5.82 Å². The molecule has 72 valence electrons. The first kappa shape index (κ1) is 10.2. The van der Waals surface area contributed by atoms with Crippen molar-refractivity contribution >= 4 is 12.0 Å². The zero-order valence-electron chi connectivity index (χ0n) is 7.62. The fraction of sp³-hybridized carbons (Fsp3) is 0.0909. The number of halogens is 1. The van der Waals surface area contributed by atoms with Gasteiger partial charge in [0.25, 0.3) is 0 Å². The Morgan fingerprint density at radius 2 is 2.00 bits per heavy atom. The van der Waals surface area contributed by atoms with E-state index in [1.54, 1.807) is 12.1 Å². The van der Waals surface area contributed by atoms with E-state index in [4.69, 9.17) is 5.11 Å². The van der Waals surface area contributed by atoms with E-state index < -0.39 is 5.97 Å². The molecule has 0 atom stereocenters. The summed E-state index contributed by atoms with van der Waals surface area (Å²) in [6, 6.07) is 5.72. The van der Waals surface area contributed by atoms with Crippen molar-refractivity contribution in [2.24, 2.45) is 0 Å². The third kappa shape index (κ3) is 2.88. The lowest BCUT2D eigenvalue weighted by atomic mass is 10.2. The molecule has 2 nitrogen and oxygen atoms in total. The smallest absolute Gasteiger partial charge is 0.339 e. The standard InChI is InChI=1S/C11H9FO2/c1-8(11(13)14)2-3-9-4-6-10(12)7-5-9/h3-7H,1H3,(H,13,14). The van der Waals surface area contributed by atoms with E-state index in [1.807, 2.05) is 0 Å². The molecule has 0 saturated carbocycles. The van der Waals surface area contributed by atoms with Crippen molar-refractivity contribution in [2.75, 3.05) is 0 Å². The molecule has 0 amide bonds. The molecule has 0 radical (unpaired) electrons.